The SMILES string of the molecule is C/C(=C\c1ccc(O[C@@H]2O[C@H](/C(Cn3ccnc3)=N/OCc3ccccc3)[C@@H](O)[C@@H]2O)c(O)c1)C(=O)NC1[C@@H](O)[C@@H]2OCO[C@@H]2[C@H](O)[C@H]1O. The van der Waals surface area contributed by atoms with Gasteiger partial charge in [0.2, 0.25) is 12.2 Å². The molecule has 2 aliphatic heterocycles. The molecule has 262 valence electrons. The average Bonchev–Trinajstić information content (AvgIpc) is 3.86. The largest absolute Gasteiger partial charge is 0.504 e. The number of hydrogen-bond donors (Lipinski definition) is 7. The summed E-state index contributed by atoms with van der Waals surface area (Å²) < 4.78 is 23.9. The van der Waals surface area contributed by atoms with E-state index in [1.807, 2.05) is 30.3 Å². The fourth-order valence-electron chi connectivity index (χ4n) is 5.91. The van der Waals surface area contributed by atoms with E-state index in [1.165, 1.54) is 31.2 Å². The molecule has 1 unspecified atom stereocenters. The first-order valence-electron chi connectivity index (χ1n) is 15.6. The number of nitrogens with zero attached hydrogens (tertiary/aromatic N) is 3. The van der Waals surface area contributed by atoms with E-state index in [4.69, 9.17) is 23.8 Å². The lowest BCUT2D eigenvalue weighted by atomic mass is 9.83. The molecule has 3 aliphatic rings. The lowest BCUT2D eigenvalue weighted by Crippen LogP contribution is -2.67. The number of aliphatic hydroxyl groups excluding tert-OH is 5. The van der Waals surface area contributed by atoms with Gasteiger partial charge in [-0.1, -0.05) is 41.6 Å². The van der Waals surface area contributed by atoms with E-state index in [-0.39, 0.29) is 42.7 Å². The van der Waals surface area contributed by atoms with Gasteiger partial charge in [0.15, 0.2) is 11.5 Å². The summed E-state index contributed by atoms with van der Waals surface area (Å²) in [7, 11) is 0. The number of carbonyl (C=O) groups is 1. The Kier molecular flexibility index (Phi) is 10.6. The maximum atomic E-state index is 12.9. The number of fused-ring (bicyclic) bond motifs is 1. The molecule has 10 atom stereocenters. The number of aromatic hydroxyl groups is 1. The van der Waals surface area contributed by atoms with Crippen molar-refractivity contribution in [3.63, 3.8) is 0 Å². The van der Waals surface area contributed by atoms with Crippen LogP contribution in [0.2, 0.25) is 0 Å². The van der Waals surface area contributed by atoms with E-state index in [0.29, 0.717) is 5.56 Å². The van der Waals surface area contributed by atoms with E-state index in [1.54, 1.807) is 23.3 Å². The average molecular weight is 683 g/mol. The quantitative estimate of drug-likeness (QED) is 0.0764. The fraction of sp³-hybridized carbons (Fsp3) is 0.424. The van der Waals surface area contributed by atoms with Crippen LogP contribution < -0.4 is 10.1 Å². The summed E-state index contributed by atoms with van der Waals surface area (Å²) in [6.07, 6.45) is -5.24. The van der Waals surface area contributed by atoms with Crippen molar-refractivity contribution in [2.75, 3.05) is 6.79 Å². The highest BCUT2D eigenvalue weighted by Crippen LogP contribution is 2.33. The number of amides is 1. The van der Waals surface area contributed by atoms with Gasteiger partial charge in [-0.25, -0.2) is 4.98 Å². The Bertz CT molecular complexity index is 1640. The highest BCUT2D eigenvalue weighted by Gasteiger charge is 2.53. The van der Waals surface area contributed by atoms with Gasteiger partial charge in [0.1, 0.15) is 67.9 Å². The monoisotopic (exact) mass is 682 g/mol. The molecule has 1 amide bonds. The van der Waals surface area contributed by atoms with E-state index < -0.39 is 67.1 Å². The predicted molar refractivity (Wildman–Crippen MR) is 169 cm³/mol. The maximum absolute atomic E-state index is 12.9. The minimum Gasteiger partial charge on any atom is -0.504 e. The van der Waals surface area contributed by atoms with Crippen molar-refractivity contribution in [2.45, 2.75) is 81.2 Å². The van der Waals surface area contributed by atoms with Gasteiger partial charge < -0.3 is 64.3 Å². The van der Waals surface area contributed by atoms with Crippen LogP contribution in [0.1, 0.15) is 18.1 Å². The van der Waals surface area contributed by atoms with Crippen molar-refractivity contribution in [1.29, 1.82) is 0 Å². The number of rotatable bonds is 11. The van der Waals surface area contributed by atoms with Crippen molar-refractivity contribution in [3.8, 4) is 11.5 Å². The molecule has 3 fully saturated rings. The van der Waals surface area contributed by atoms with Gasteiger partial charge in [0.05, 0.1) is 18.9 Å². The first-order valence-corrected chi connectivity index (χ1v) is 15.6. The second-order valence-electron chi connectivity index (χ2n) is 12.0. The Hall–Kier alpha value is -4.39. The summed E-state index contributed by atoms with van der Waals surface area (Å²) in [6, 6.07) is 12.4. The molecule has 0 spiro atoms. The van der Waals surface area contributed by atoms with Crippen LogP contribution in [0.15, 0.2) is 78.0 Å². The van der Waals surface area contributed by atoms with Crippen LogP contribution in [-0.2, 0) is 37.0 Å². The highest BCUT2D eigenvalue weighted by molar-refractivity contribution is 5.97. The molecule has 1 aliphatic carbocycles. The number of phenols is 1. The molecule has 16 nitrogen and oxygen atoms in total. The number of oxime groups is 1. The number of aliphatic hydroxyl groups is 5. The molecule has 3 heterocycles. The molecule has 2 aromatic carbocycles. The molecule has 1 aromatic heterocycles. The van der Waals surface area contributed by atoms with Crippen LogP contribution in [0.5, 0.6) is 11.5 Å². The van der Waals surface area contributed by atoms with Crippen LogP contribution in [-0.4, -0.2) is 120 Å². The number of hydrogen-bond acceptors (Lipinski definition) is 14. The van der Waals surface area contributed by atoms with Crippen LogP contribution in [0.3, 0.4) is 0 Å². The standard InChI is InChI=1S/C33H38N4O12/c1-17(32(44)35-23-24(39)26(41)31-30(25(23)40)45-16-46-31)11-19-7-8-22(21(38)12-19)48-33-28(43)27(42)29(49-33)20(13-37-10-9-34-15-37)36-47-14-18-5-3-2-4-6-18/h2-12,15,23-31,33,38-43H,13-14,16H2,1H3,(H,35,44)/b17-11+,36-20+/t23?,24-,25+,26+,27-,28-,29+,30-,31+,33+/m0/s1. The van der Waals surface area contributed by atoms with Gasteiger partial charge in [0, 0.05) is 18.0 Å². The lowest BCUT2D eigenvalue weighted by molar-refractivity contribution is -0.155. The van der Waals surface area contributed by atoms with E-state index >= 15 is 0 Å². The van der Waals surface area contributed by atoms with Gasteiger partial charge >= 0.3 is 0 Å². The fourth-order valence-corrected chi connectivity index (χ4v) is 5.91. The van der Waals surface area contributed by atoms with Crippen LogP contribution >= 0.6 is 0 Å². The third-order valence-corrected chi connectivity index (χ3v) is 8.58. The summed E-state index contributed by atoms with van der Waals surface area (Å²) in [5.41, 5.74) is 1.69. The Labute approximate surface area is 280 Å². The zero-order valence-corrected chi connectivity index (χ0v) is 26.3. The molecule has 49 heavy (non-hydrogen) atoms. The summed E-state index contributed by atoms with van der Waals surface area (Å²) >= 11 is 0. The molecule has 3 aromatic rings. The summed E-state index contributed by atoms with van der Waals surface area (Å²) in [4.78, 5) is 22.5. The third kappa shape index (κ3) is 7.61. The number of carbonyl (C=O) groups excluding carboxylic acids is 1. The van der Waals surface area contributed by atoms with E-state index in [0.717, 1.165) is 5.56 Å². The molecule has 6 rings (SSSR count). The first kappa shape index (κ1) is 34.5. The molecule has 0 bridgehead atoms. The second kappa shape index (κ2) is 15.0. The van der Waals surface area contributed by atoms with Crippen molar-refractivity contribution in [2.24, 2.45) is 5.16 Å². The molecule has 2 saturated heterocycles. The Balaban J connectivity index is 1.10. The summed E-state index contributed by atoms with van der Waals surface area (Å²) in [5.74, 6) is -1.06. The summed E-state index contributed by atoms with van der Waals surface area (Å²) in [6.45, 7) is 1.63. The minimum atomic E-state index is -1.52. The Morgan fingerprint density at radius 1 is 1.02 bits per heavy atom. The number of imidazole rings is 1. The third-order valence-electron chi connectivity index (χ3n) is 8.58. The van der Waals surface area contributed by atoms with Crippen molar-refractivity contribution in [1.82, 2.24) is 14.9 Å². The first-order chi connectivity index (χ1) is 23.6. The molecule has 7 N–H and O–H groups in total. The Morgan fingerprint density at radius 3 is 2.49 bits per heavy atom. The zero-order valence-electron chi connectivity index (χ0n) is 26.3. The number of nitrogens with one attached hydrogen (secondary N) is 1. The Morgan fingerprint density at radius 2 is 1.78 bits per heavy atom. The van der Waals surface area contributed by atoms with Gasteiger partial charge in [-0.15, -0.1) is 0 Å². The van der Waals surface area contributed by atoms with Crippen LogP contribution in [0.25, 0.3) is 6.08 Å². The van der Waals surface area contributed by atoms with Gasteiger partial charge in [0.25, 0.3) is 0 Å². The normalized spacial score (nSPS) is 31.7. The molecular weight excluding hydrogens is 644 g/mol. The number of aromatic nitrogens is 2. The van der Waals surface area contributed by atoms with Crippen molar-refractivity contribution >= 4 is 17.7 Å². The van der Waals surface area contributed by atoms with Gasteiger partial charge in [-0.05, 0) is 36.3 Å². The van der Waals surface area contributed by atoms with Crippen LogP contribution in [0, 0.1) is 0 Å². The smallest absolute Gasteiger partial charge is 0.247 e. The maximum Gasteiger partial charge on any atom is 0.247 e. The van der Waals surface area contributed by atoms with E-state index in [9.17, 15) is 35.4 Å². The second-order valence-corrected chi connectivity index (χ2v) is 12.0. The van der Waals surface area contributed by atoms with Gasteiger partial charge in [-0.3, -0.25) is 4.79 Å². The number of phenolic OH excluding ortho intramolecular Hbond substituents is 1. The summed E-state index contributed by atoms with van der Waals surface area (Å²) in [5, 5.41) is 70.7. The molecular formula is C33H38N4O12. The lowest BCUT2D eigenvalue weighted by Gasteiger charge is -2.41. The molecule has 0 radical (unpaired) electrons. The topological polar surface area (TPSA) is 227 Å². The van der Waals surface area contributed by atoms with Gasteiger partial charge in [-0.2, -0.15) is 0 Å². The van der Waals surface area contributed by atoms with Crippen LogP contribution in [0.4, 0.5) is 0 Å². The van der Waals surface area contributed by atoms with Crippen molar-refractivity contribution in [3.05, 3.63) is 84.0 Å². The zero-order chi connectivity index (χ0) is 34.7. The van der Waals surface area contributed by atoms with Crippen molar-refractivity contribution < 1.29 is 59.2 Å². The molecule has 16 heteroatoms. The highest BCUT2D eigenvalue weighted by atomic mass is 16.7. The van der Waals surface area contributed by atoms with E-state index in [2.05, 4.69) is 15.5 Å². The number of ether oxygens (including phenoxy) is 4. The predicted octanol–water partition coefficient (Wildman–Crippen LogP) is -0.587. The number of benzene rings is 2. The molecule has 1 saturated carbocycles. The minimum absolute atomic E-state index is 0.0691.